The van der Waals surface area contributed by atoms with Crippen molar-refractivity contribution in [3.63, 3.8) is 0 Å². The van der Waals surface area contributed by atoms with E-state index in [1.165, 1.54) is 5.56 Å². The lowest BCUT2D eigenvalue weighted by Crippen LogP contribution is -2.37. The lowest BCUT2D eigenvalue weighted by Gasteiger charge is -2.13. The fourth-order valence-electron chi connectivity index (χ4n) is 2.66. The quantitative estimate of drug-likeness (QED) is 0.218. The minimum atomic E-state index is -4.31. The van der Waals surface area contributed by atoms with E-state index in [1.807, 2.05) is 30.3 Å². The minimum absolute atomic E-state index is 0. The number of hydrogen-bond donors (Lipinski definition) is 2. The van der Waals surface area contributed by atoms with Gasteiger partial charge in [0.25, 0.3) is 0 Å². The van der Waals surface area contributed by atoms with E-state index < -0.39 is 12.8 Å². The predicted octanol–water partition coefficient (Wildman–Crippen LogP) is 4.68. The zero-order valence-corrected chi connectivity index (χ0v) is 18.7. The first kappa shape index (κ1) is 25.2. The molecule has 8 heteroatoms. The molecule has 160 valence electrons. The van der Waals surface area contributed by atoms with Gasteiger partial charge < -0.3 is 15.4 Å². The number of ether oxygens (including phenoxy) is 1. The van der Waals surface area contributed by atoms with Crippen molar-refractivity contribution < 1.29 is 17.9 Å². The average Bonchev–Trinajstić information content (AvgIpc) is 2.67. The van der Waals surface area contributed by atoms with Gasteiger partial charge in [-0.05, 0) is 29.5 Å². The number of hydrogen-bond acceptors (Lipinski definition) is 2. The van der Waals surface area contributed by atoms with E-state index in [0.29, 0.717) is 18.1 Å². The van der Waals surface area contributed by atoms with Gasteiger partial charge in [-0.2, -0.15) is 13.2 Å². The predicted molar refractivity (Wildman–Crippen MR) is 121 cm³/mol. The monoisotopic (exact) mass is 521 g/mol. The third-order valence-electron chi connectivity index (χ3n) is 3.99. The van der Waals surface area contributed by atoms with Crippen LogP contribution in [0, 0.1) is 0 Å². The Morgan fingerprint density at radius 3 is 2.34 bits per heavy atom. The van der Waals surface area contributed by atoms with Crippen LogP contribution in [0.4, 0.5) is 13.2 Å². The fraction of sp³-hybridized carbons (Fsp3) is 0.381. The van der Waals surface area contributed by atoms with Crippen LogP contribution < -0.4 is 10.6 Å². The van der Waals surface area contributed by atoms with Gasteiger partial charge in [0.15, 0.2) is 5.96 Å². The molecular weight excluding hydrogens is 494 g/mol. The lowest BCUT2D eigenvalue weighted by molar-refractivity contribution is -0.176. The summed E-state index contributed by atoms with van der Waals surface area (Å²) in [6.07, 6.45) is -2.33. The van der Waals surface area contributed by atoms with Gasteiger partial charge in [0.2, 0.25) is 0 Å². The Kier molecular flexibility index (Phi) is 11.7. The van der Waals surface area contributed by atoms with Crippen LogP contribution in [0.5, 0.6) is 0 Å². The molecule has 2 rings (SSSR count). The second-order valence-electron chi connectivity index (χ2n) is 6.37. The highest BCUT2D eigenvalue weighted by molar-refractivity contribution is 14.0. The molecule has 4 nitrogen and oxygen atoms in total. The molecule has 0 radical (unpaired) electrons. The van der Waals surface area contributed by atoms with Gasteiger partial charge in [-0.1, -0.05) is 54.6 Å². The Balaban J connectivity index is 0.00000420. The number of rotatable bonds is 9. The number of aliphatic imine (C=N–C) groups is 1. The highest BCUT2D eigenvalue weighted by atomic mass is 127. The zero-order valence-electron chi connectivity index (χ0n) is 16.3. The molecule has 2 aromatic carbocycles. The number of nitrogens with zero attached hydrogens (tertiary/aromatic N) is 1. The van der Waals surface area contributed by atoms with Crippen LogP contribution in [0.25, 0.3) is 0 Å². The van der Waals surface area contributed by atoms with E-state index in [2.05, 4.69) is 27.8 Å². The maximum atomic E-state index is 12.2. The first-order valence-corrected chi connectivity index (χ1v) is 9.17. The Hall–Kier alpha value is -1.81. The maximum Gasteiger partial charge on any atom is 0.411 e. The molecule has 0 bridgehead atoms. The zero-order chi connectivity index (χ0) is 20.2. The third-order valence-corrected chi connectivity index (χ3v) is 3.99. The topological polar surface area (TPSA) is 45.7 Å². The average molecular weight is 521 g/mol. The molecular formula is C21H27F3IN3O. The molecule has 0 aliphatic rings. The molecule has 0 fully saturated rings. The van der Waals surface area contributed by atoms with Crippen LogP contribution in [0.2, 0.25) is 0 Å². The van der Waals surface area contributed by atoms with Gasteiger partial charge in [0.05, 0.1) is 6.61 Å². The number of halogens is 4. The molecule has 0 heterocycles. The van der Waals surface area contributed by atoms with Crippen molar-refractivity contribution in [2.24, 2.45) is 4.99 Å². The summed E-state index contributed by atoms with van der Waals surface area (Å²) in [4.78, 5) is 4.19. The van der Waals surface area contributed by atoms with Crippen LogP contribution >= 0.6 is 24.0 Å². The highest BCUT2D eigenvalue weighted by Gasteiger charge is 2.27. The highest BCUT2D eigenvalue weighted by Crippen LogP contribution is 2.16. The number of benzene rings is 2. The van der Waals surface area contributed by atoms with Gasteiger partial charge >= 0.3 is 6.18 Å². The molecule has 0 amide bonds. The summed E-state index contributed by atoms with van der Waals surface area (Å²) < 4.78 is 41.2. The van der Waals surface area contributed by atoms with Crippen molar-refractivity contribution >= 4 is 29.9 Å². The number of nitrogens with one attached hydrogen (secondary N) is 2. The molecule has 29 heavy (non-hydrogen) atoms. The van der Waals surface area contributed by atoms with E-state index in [-0.39, 0.29) is 30.6 Å². The molecule has 2 N–H and O–H groups in total. The van der Waals surface area contributed by atoms with E-state index >= 15 is 0 Å². The van der Waals surface area contributed by atoms with Gasteiger partial charge in [-0.3, -0.25) is 4.99 Å². The molecule has 0 saturated heterocycles. The van der Waals surface area contributed by atoms with E-state index in [4.69, 9.17) is 4.74 Å². The number of guanidine groups is 1. The Morgan fingerprint density at radius 2 is 1.66 bits per heavy atom. The summed E-state index contributed by atoms with van der Waals surface area (Å²) in [5.41, 5.74) is 2.95. The molecule has 0 aliphatic carbocycles. The number of alkyl halides is 3. The van der Waals surface area contributed by atoms with E-state index in [0.717, 1.165) is 24.9 Å². The Morgan fingerprint density at radius 1 is 0.966 bits per heavy atom. The van der Waals surface area contributed by atoms with Crippen LogP contribution in [-0.4, -0.2) is 32.3 Å². The van der Waals surface area contributed by atoms with Crippen molar-refractivity contribution in [2.75, 3.05) is 20.2 Å². The summed E-state index contributed by atoms with van der Waals surface area (Å²) in [6, 6.07) is 17.6. The van der Waals surface area contributed by atoms with Gasteiger partial charge in [-0.15, -0.1) is 24.0 Å². The summed E-state index contributed by atoms with van der Waals surface area (Å²) in [6.45, 7) is 0.000187. The second kappa shape index (κ2) is 13.4. The van der Waals surface area contributed by atoms with Crippen LogP contribution in [0.3, 0.4) is 0 Å². The Bertz CT molecular complexity index is 739. The van der Waals surface area contributed by atoms with Gasteiger partial charge in [0, 0.05) is 20.1 Å². The maximum absolute atomic E-state index is 12.2. The third kappa shape index (κ3) is 11.1. The molecule has 0 aromatic heterocycles. The SMILES string of the molecule is CN=C(NCCCc1ccccc1)NCc1cccc(COCC(F)(F)F)c1.I. The van der Waals surface area contributed by atoms with Crippen molar-refractivity contribution in [3.05, 3.63) is 71.3 Å². The molecule has 2 aromatic rings. The van der Waals surface area contributed by atoms with E-state index in [1.54, 1.807) is 19.2 Å². The first-order chi connectivity index (χ1) is 13.5. The van der Waals surface area contributed by atoms with Crippen LogP contribution in [0.1, 0.15) is 23.1 Å². The minimum Gasteiger partial charge on any atom is -0.367 e. The fourth-order valence-corrected chi connectivity index (χ4v) is 2.66. The van der Waals surface area contributed by atoms with E-state index in [9.17, 15) is 13.2 Å². The summed E-state index contributed by atoms with van der Waals surface area (Å²) in [5.74, 6) is 0.687. The van der Waals surface area contributed by atoms with Crippen molar-refractivity contribution in [1.82, 2.24) is 10.6 Å². The van der Waals surface area contributed by atoms with Gasteiger partial charge in [-0.25, -0.2) is 0 Å². The summed E-state index contributed by atoms with van der Waals surface area (Å²) >= 11 is 0. The molecule has 0 saturated carbocycles. The van der Waals surface area contributed by atoms with Gasteiger partial charge in [0.1, 0.15) is 6.61 Å². The van der Waals surface area contributed by atoms with Crippen LogP contribution in [0.15, 0.2) is 59.6 Å². The normalized spacial score (nSPS) is 11.7. The largest absolute Gasteiger partial charge is 0.411 e. The molecule has 0 unspecified atom stereocenters. The van der Waals surface area contributed by atoms with Crippen molar-refractivity contribution in [2.45, 2.75) is 32.2 Å². The van der Waals surface area contributed by atoms with Crippen molar-refractivity contribution in [1.29, 1.82) is 0 Å². The molecule has 0 aliphatic heterocycles. The first-order valence-electron chi connectivity index (χ1n) is 9.17. The number of aryl methyl sites for hydroxylation is 1. The van der Waals surface area contributed by atoms with Crippen molar-refractivity contribution in [3.8, 4) is 0 Å². The standard InChI is InChI=1S/C21H26F3N3O.HI/c1-25-20(26-12-6-11-17-7-3-2-4-8-17)27-14-18-9-5-10-19(13-18)15-28-16-21(22,23)24;/h2-5,7-10,13H,6,11-12,14-16H2,1H3,(H2,25,26,27);1H. The lowest BCUT2D eigenvalue weighted by atomic mass is 10.1. The second-order valence-corrected chi connectivity index (χ2v) is 6.37. The summed E-state index contributed by atoms with van der Waals surface area (Å²) in [7, 11) is 1.70. The Labute approximate surface area is 187 Å². The molecule has 0 atom stereocenters. The summed E-state index contributed by atoms with van der Waals surface area (Å²) in [5, 5.41) is 6.47. The smallest absolute Gasteiger partial charge is 0.367 e. The van der Waals surface area contributed by atoms with Crippen LogP contribution in [-0.2, 0) is 24.3 Å². The molecule has 0 spiro atoms.